The summed E-state index contributed by atoms with van der Waals surface area (Å²) in [5, 5.41) is 4.35. The van der Waals surface area contributed by atoms with E-state index in [4.69, 9.17) is 9.15 Å². The Morgan fingerprint density at radius 1 is 1.18 bits per heavy atom. The number of hydrogen-bond donors (Lipinski definition) is 1. The van der Waals surface area contributed by atoms with Gasteiger partial charge in [-0.2, -0.15) is 0 Å². The molecule has 4 heteroatoms. The smallest absolute Gasteiger partial charge is 0.225 e. The second-order valence-electron chi connectivity index (χ2n) is 8.06. The first-order chi connectivity index (χ1) is 13.7. The van der Waals surface area contributed by atoms with Crippen molar-refractivity contribution in [3.63, 3.8) is 0 Å². The first-order valence-electron chi connectivity index (χ1n) is 10.2. The summed E-state index contributed by atoms with van der Waals surface area (Å²) in [5.41, 5.74) is 5.83. The zero-order valence-corrected chi connectivity index (χ0v) is 16.2. The van der Waals surface area contributed by atoms with E-state index in [9.17, 15) is 4.79 Å². The van der Waals surface area contributed by atoms with Crippen LogP contribution in [0.25, 0.3) is 11.0 Å². The number of methoxy groups -OCH3 is 1. The average molecular weight is 375 g/mol. The van der Waals surface area contributed by atoms with Crippen molar-refractivity contribution in [2.24, 2.45) is 5.92 Å². The van der Waals surface area contributed by atoms with Gasteiger partial charge in [0.15, 0.2) is 0 Å². The first kappa shape index (κ1) is 17.4. The van der Waals surface area contributed by atoms with Gasteiger partial charge in [-0.3, -0.25) is 4.79 Å². The number of rotatable bonds is 6. The van der Waals surface area contributed by atoms with E-state index in [1.807, 2.05) is 12.1 Å². The number of benzene rings is 2. The molecule has 1 fully saturated rings. The molecular formula is C24H25NO3. The molecule has 2 aliphatic carbocycles. The summed E-state index contributed by atoms with van der Waals surface area (Å²) in [6.07, 6.45) is 7.90. The molecule has 28 heavy (non-hydrogen) atoms. The Morgan fingerprint density at radius 3 is 2.64 bits per heavy atom. The number of furan rings is 1. The van der Waals surface area contributed by atoms with Crippen molar-refractivity contribution in [3.05, 3.63) is 64.9 Å². The third-order valence-corrected chi connectivity index (χ3v) is 6.10. The standard InChI is InChI=1S/C24H25NO3/c1-27-20-9-7-16(8-10-20)24(15-5-6-15)25-23(26)13-19-14-28-22-12-18-4-2-3-17(18)11-21(19)22/h7-12,14-15,24H,2-6,13H2,1H3,(H,25,26). The minimum atomic E-state index is 0.0518. The largest absolute Gasteiger partial charge is 0.497 e. The summed E-state index contributed by atoms with van der Waals surface area (Å²) in [5.74, 6) is 1.42. The van der Waals surface area contributed by atoms with Gasteiger partial charge in [0.25, 0.3) is 0 Å². The van der Waals surface area contributed by atoms with Gasteiger partial charge in [0.05, 0.1) is 25.8 Å². The molecule has 1 amide bonds. The van der Waals surface area contributed by atoms with Gasteiger partial charge < -0.3 is 14.5 Å². The lowest BCUT2D eigenvalue weighted by Crippen LogP contribution is -2.31. The summed E-state index contributed by atoms with van der Waals surface area (Å²) < 4.78 is 11.0. The Hall–Kier alpha value is -2.75. The Kier molecular flexibility index (Phi) is 4.34. The van der Waals surface area contributed by atoms with Crippen molar-refractivity contribution in [2.75, 3.05) is 7.11 Å². The number of aryl methyl sites for hydroxylation is 2. The maximum atomic E-state index is 12.8. The molecule has 5 rings (SSSR count). The molecule has 1 saturated carbocycles. The molecule has 0 spiro atoms. The van der Waals surface area contributed by atoms with Crippen LogP contribution < -0.4 is 10.1 Å². The van der Waals surface area contributed by atoms with Crippen molar-refractivity contribution < 1.29 is 13.9 Å². The van der Waals surface area contributed by atoms with Crippen LogP contribution in [0.2, 0.25) is 0 Å². The topological polar surface area (TPSA) is 51.5 Å². The fraction of sp³-hybridized carbons (Fsp3) is 0.375. The fourth-order valence-electron chi connectivity index (χ4n) is 4.40. The molecule has 0 aliphatic heterocycles. The lowest BCUT2D eigenvalue weighted by Gasteiger charge is -2.19. The number of carbonyl (C=O) groups excluding carboxylic acids is 1. The third-order valence-electron chi connectivity index (χ3n) is 6.10. The molecule has 0 saturated heterocycles. The zero-order valence-electron chi connectivity index (χ0n) is 16.2. The van der Waals surface area contributed by atoms with Crippen LogP contribution in [0.3, 0.4) is 0 Å². The lowest BCUT2D eigenvalue weighted by atomic mass is 10.0. The van der Waals surface area contributed by atoms with E-state index in [1.54, 1.807) is 13.4 Å². The highest BCUT2D eigenvalue weighted by atomic mass is 16.5. The molecular weight excluding hydrogens is 350 g/mol. The Balaban J connectivity index is 1.34. The highest BCUT2D eigenvalue weighted by Crippen LogP contribution is 2.41. The predicted octanol–water partition coefficient (Wildman–Crippen LogP) is 4.74. The molecule has 1 atom stereocenters. The Morgan fingerprint density at radius 2 is 1.93 bits per heavy atom. The molecule has 1 unspecified atom stereocenters. The SMILES string of the molecule is COc1ccc(C(NC(=O)Cc2coc3cc4c(cc23)CCC4)C2CC2)cc1. The molecule has 1 aromatic heterocycles. The second kappa shape index (κ2) is 7.01. The van der Waals surface area contributed by atoms with E-state index in [-0.39, 0.29) is 11.9 Å². The summed E-state index contributed by atoms with van der Waals surface area (Å²) in [6.45, 7) is 0. The van der Waals surface area contributed by atoms with Gasteiger partial charge in [-0.1, -0.05) is 12.1 Å². The highest BCUT2D eigenvalue weighted by molar-refractivity contribution is 5.88. The van der Waals surface area contributed by atoms with Gasteiger partial charge in [-0.25, -0.2) is 0 Å². The van der Waals surface area contributed by atoms with Crippen molar-refractivity contribution >= 4 is 16.9 Å². The van der Waals surface area contributed by atoms with Gasteiger partial charge >= 0.3 is 0 Å². The van der Waals surface area contributed by atoms with Crippen LogP contribution in [0.1, 0.15) is 47.6 Å². The molecule has 1 heterocycles. The van der Waals surface area contributed by atoms with E-state index < -0.39 is 0 Å². The van der Waals surface area contributed by atoms with Crippen LogP contribution in [-0.2, 0) is 24.1 Å². The minimum absolute atomic E-state index is 0.0518. The maximum Gasteiger partial charge on any atom is 0.225 e. The van der Waals surface area contributed by atoms with E-state index in [0.717, 1.165) is 53.5 Å². The van der Waals surface area contributed by atoms with E-state index in [0.29, 0.717) is 12.3 Å². The van der Waals surface area contributed by atoms with Gasteiger partial charge in [0.2, 0.25) is 5.91 Å². The monoisotopic (exact) mass is 375 g/mol. The molecule has 4 nitrogen and oxygen atoms in total. The van der Waals surface area contributed by atoms with Gasteiger partial charge in [-0.05, 0) is 79.0 Å². The summed E-state index contributed by atoms with van der Waals surface area (Å²) in [6, 6.07) is 12.5. The molecule has 2 aromatic carbocycles. The third kappa shape index (κ3) is 3.28. The zero-order chi connectivity index (χ0) is 19.1. The fourth-order valence-corrected chi connectivity index (χ4v) is 4.40. The number of ether oxygens (including phenoxy) is 1. The van der Waals surface area contributed by atoms with Crippen molar-refractivity contribution in [1.29, 1.82) is 0 Å². The predicted molar refractivity (Wildman–Crippen MR) is 109 cm³/mol. The first-order valence-corrected chi connectivity index (χ1v) is 10.2. The quantitative estimate of drug-likeness (QED) is 0.677. The number of hydrogen-bond acceptors (Lipinski definition) is 3. The van der Waals surface area contributed by atoms with Crippen LogP contribution >= 0.6 is 0 Å². The molecule has 144 valence electrons. The van der Waals surface area contributed by atoms with Crippen molar-refractivity contribution in [3.8, 4) is 5.75 Å². The minimum Gasteiger partial charge on any atom is -0.497 e. The summed E-state index contributed by atoms with van der Waals surface area (Å²) in [7, 11) is 1.67. The normalized spacial score (nSPS) is 16.8. The Labute approximate surface area is 164 Å². The van der Waals surface area contributed by atoms with Gasteiger partial charge in [-0.15, -0.1) is 0 Å². The summed E-state index contributed by atoms with van der Waals surface area (Å²) >= 11 is 0. The van der Waals surface area contributed by atoms with Crippen LogP contribution in [0.4, 0.5) is 0 Å². The number of fused-ring (bicyclic) bond motifs is 2. The van der Waals surface area contributed by atoms with Gasteiger partial charge in [0, 0.05) is 10.9 Å². The summed E-state index contributed by atoms with van der Waals surface area (Å²) in [4.78, 5) is 12.8. The number of amides is 1. The Bertz CT molecular complexity index is 1010. The average Bonchev–Trinajstić information content (AvgIpc) is 3.34. The van der Waals surface area contributed by atoms with Gasteiger partial charge in [0.1, 0.15) is 11.3 Å². The van der Waals surface area contributed by atoms with Crippen LogP contribution in [0.5, 0.6) is 5.75 Å². The van der Waals surface area contributed by atoms with Crippen LogP contribution in [0, 0.1) is 5.92 Å². The molecule has 0 radical (unpaired) electrons. The van der Waals surface area contributed by atoms with Crippen LogP contribution in [-0.4, -0.2) is 13.0 Å². The van der Waals surface area contributed by atoms with E-state index in [2.05, 4.69) is 29.6 Å². The van der Waals surface area contributed by atoms with Crippen molar-refractivity contribution in [2.45, 2.75) is 44.6 Å². The number of carbonyl (C=O) groups is 1. The number of nitrogens with one attached hydrogen (secondary N) is 1. The second-order valence-corrected chi connectivity index (χ2v) is 8.06. The molecule has 0 bridgehead atoms. The highest BCUT2D eigenvalue weighted by Gasteiger charge is 2.33. The molecule has 3 aromatic rings. The van der Waals surface area contributed by atoms with E-state index in [1.165, 1.54) is 17.5 Å². The maximum absolute atomic E-state index is 12.8. The lowest BCUT2D eigenvalue weighted by molar-refractivity contribution is -0.121. The molecule has 1 N–H and O–H groups in total. The molecule has 2 aliphatic rings. The van der Waals surface area contributed by atoms with E-state index >= 15 is 0 Å². The van der Waals surface area contributed by atoms with Crippen LogP contribution in [0.15, 0.2) is 47.1 Å². The van der Waals surface area contributed by atoms with Crippen molar-refractivity contribution in [1.82, 2.24) is 5.32 Å².